The van der Waals surface area contributed by atoms with Crippen molar-refractivity contribution in [1.82, 2.24) is 20.4 Å². The Balaban J connectivity index is 1.87. The number of allylic oxidation sites excluding steroid dienone is 2. The molecular weight excluding hydrogens is 298 g/mol. The Morgan fingerprint density at radius 3 is 2.83 bits per heavy atom. The number of nitrogens with zero attached hydrogens (tertiary/aromatic N) is 2. The van der Waals surface area contributed by atoms with Gasteiger partial charge in [0.2, 0.25) is 0 Å². The SMILES string of the molecule is Cc1[nH]ncc1CC1=C(c2c(N)ccc3[nH]ncc23)CCC(C)C1. The second-order valence-electron chi connectivity index (χ2n) is 6.99. The highest BCUT2D eigenvalue weighted by Crippen LogP contribution is 2.41. The average Bonchev–Trinajstić information content (AvgIpc) is 3.18. The fourth-order valence-corrected chi connectivity index (χ4v) is 3.85. The highest BCUT2D eigenvalue weighted by Gasteiger charge is 2.23. The van der Waals surface area contributed by atoms with Crippen LogP contribution in [0, 0.1) is 12.8 Å². The van der Waals surface area contributed by atoms with Crippen molar-refractivity contribution in [2.45, 2.75) is 39.5 Å². The first kappa shape index (κ1) is 15.0. The molecule has 0 aliphatic heterocycles. The highest BCUT2D eigenvalue weighted by molar-refractivity contribution is 5.97. The van der Waals surface area contributed by atoms with Gasteiger partial charge < -0.3 is 5.73 Å². The molecule has 3 aromatic rings. The predicted molar refractivity (Wildman–Crippen MR) is 97.5 cm³/mol. The lowest BCUT2D eigenvalue weighted by molar-refractivity contribution is 0.512. The summed E-state index contributed by atoms with van der Waals surface area (Å²) in [6.07, 6.45) is 8.18. The molecule has 1 aromatic carbocycles. The van der Waals surface area contributed by atoms with Gasteiger partial charge in [0, 0.05) is 22.3 Å². The average molecular weight is 321 g/mol. The lowest BCUT2D eigenvalue weighted by Gasteiger charge is -2.26. The number of nitrogens with one attached hydrogen (secondary N) is 2. The highest BCUT2D eigenvalue weighted by atomic mass is 15.1. The van der Waals surface area contributed by atoms with Crippen molar-refractivity contribution in [3.05, 3.63) is 46.9 Å². The van der Waals surface area contributed by atoms with Gasteiger partial charge in [-0.2, -0.15) is 10.2 Å². The summed E-state index contributed by atoms with van der Waals surface area (Å²) in [7, 11) is 0. The molecule has 124 valence electrons. The first-order valence-corrected chi connectivity index (χ1v) is 8.55. The molecule has 4 rings (SSSR count). The summed E-state index contributed by atoms with van der Waals surface area (Å²) in [4.78, 5) is 0. The zero-order valence-corrected chi connectivity index (χ0v) is 14.2. The number of H-pyrrole nitrogens is 2. The summed E-state index contributed by atoms with van der Waals surface area (Å²) in [5.74, 6) is 0.709. The van der Waals surface area contributed by atoms with Crippen LogP contribution in [-0.2, 0) is 6.42 Å². The van der Waals surface area contributed by atoms with Crippen molar-refractivity contribution in [3.8, 4) is 0 Å². The van der Waals surface area contributed by atoms with Crippen molar-refractivity contribution in [2.75, 3.05) is 5.73 Å². The number of nitrogens with two attached hydrogens (primary N) is 1. The molecule has 0 fully saturated rings. The quantitative estimate of drug-likeness (QED) is 0.638. The summed E-state index contributed by atoms with van der Waals surface area (Å²) in [5.41, 5.74) is 14.7. The molecule has 5 heteroatoms. The minimum Gasteiger partial charge on any atom is -0.398 e. The number of fused-ring (bicyclic) bond motifs is 1. The molecule has 2 aromatic heterocycles. The van der Waals surface area contributed by atoms with Gasteiger partial charge in [-0.15, -0.1) is 0 Å². The number of aromatic nitrogens is 4. The molecule has 24 heavy (non-hydrogen) atoms. The van der Waals surface area contributed by atoms with E-state index in [1.165, 1.54) is 28.7 Å². The number of rotatable bonds is 3. The maximum Gasteiger partial charge on any atom is 0.0657 e. The van der Waals surface area contributed by atoms with Gasteiger partial charge in [-0.25, -0.2) is 0 Å². The molecule has 0 saturated heterocycles. The number of hydrogen-bond acceptors (Lipinski definition) is 3. The molecule has 5 nitrogen and oxygen atoms in total. The Labute approximate surface area is 141 Å². The normalized spacial score (nSPS) is 18.5. The van der Waals surface area contributed by atoms with E-state index in [0.29, 0.717) is 5.92 Å². The second kappa shape index (κ2) is 5.82. The molecule has 4 N–H and O–H groups in total. The van der Waals surface area contributed by atoms with Crippen LogP contribution in [0.2, 0.25) is 0 Å². The Bertz CT molecular complexity index is 915. The number of benzene rings is 1. The monoisotopic (exact) mass is 321 g/mol. The van der Waals surface area contributed by atoms with Crippen LogP contribution in [0.5, 0.6) is 0 Å². The van der Waals surface area contributed by atoms with Crippen LogP contribution in [0.3, 0.4) is 0 Å². The van der Waals surface area contributed by atoms with E-state index in [4.69, 9.17) is 5.73 Å². The van der Waals surface area contributed by atoms with Gasteiger partial charge in [-0.05, 0) is 61.8 Å². The van der Waals surface area contributed by atoms with Crippen molar-refractivity contribution in [3.63, 3.8) is 0 Å². The van der Waals surface area contributed by atoms with Crippen LogP contribution in [0.1, 0.15) is 43.0 Å². The van der Waals surface area contributed by atoms with E-state index in [2.05, 4.69) is 34.2 Å². The first-order chi connectivity index (χ1) is 11.6. The molecule has 0 amide bonds. The third kappa shape index (κ3) is 2.50. The third-order valence-corrected chi connectivity index (χ3v) is 5.21. The summed E-state index contributed by atoms with van der Waals surface area (Å²) in [5, 5.41) is 15.6. The van der Waals surface area contributed by atoms with Crippen LogP contribution in [-0.4, -0.2) is 20.4 Å². The van der Waals surface area contributed by atoms with Crippen molar-refractivity contribution < 1.29 is 0 Å². The van der Waals surface area contributed by atoms with E-state index in [-0.39, 0.29) is 0 Å². The van der Waals surface area contributed by atoms with Gasteiger partial charge in [0.1, 0.15) is 0 Å². The maximum absolute atomic E-state index is 6.38. The fraction of sp³-hybridized carbons (Fsp3) is 0.368. The minimum atomic E-state index is 0.709. The number of hydrogen-bond donors (Lipinski definition) is 3. The number of anilines is 1. The molecule has 1 atom stereocenters. The van der Waals surface area contributed by atoms with Crippen LogP contribution in [0.25, 0.3) is 16.5 Å². The molecule has 0 saturated carbocycles. The molecule has 1 aliphatic carbocycles. The van der Waals surface area contributed by atoms with Crippen molar-refractivity contribution >= 4 is 22.2 Å². The lowest BCUT2D eigenvalue weighted by atomic mass is 9.79. The van der Waals surface area contributed by atoms with Gasteiger partial charge in [-0.3, -0.25) is 10.2 Å². The van der Waals surface area contributed by atoms with Gasteiger partial charge in [-0.1, -0.05) is 12.5 Å². The second-order valence-corrected chi connectivity index (χ2v) is 6.99. The van der Waals surface area contributed by atoms with E-state index < -0.39 is 0 Å². The standard InChI is InChI=1S/C19H23N5/c1-11-3-4-15(13(7-11)8-14-9-21-23-12(14)2)19-16-10-22-24-18(16)6-5-17(19)20/h5-6,9-11H,3-4,7-8,20H2,1-2H3,(H,21,23)(H,22,24). The van der Waals surface area contributed by atoms with Crippen molar-refractivity contribution in [1.29, 1.82) is 0 Å². The summed E-state index contributed by atoms with van der Waals surface area (Å²) in [6.45, 7) is 4.42. The third-order valence-electron chi connectivity index (χ3n) is 5.21. The van der Waals surface area contributed by atoms with E-state index in [1.54, 1.807) is 0 Å². The Morgan fingerprint density at radius 1 is 1.21 bits per heavy atom. The zero-order valence-electron chi connectivity index (χ0n) is 14.2. The largest absolute Gasteiger partial charge is 0.398 e. The van der Waals surface area contributed by atoms with E-state index >= 15 is 0 Å². The Morgan fingerprint density at radius 2 is 2.04 bits per heavy atom. The molecular formula is C19H23N5. The smallest absolute Gasteiger partial charge is 0.0657 e. The van der Waals surface area contributed by atoms with Crippen LogP contribution < -0.4 is 5.73 Å². The Hall–Kier alpha value is -2.56. The molecule has 0 radical (unpaired) electrons. The van der Waals surface area contributed by atoms with Crippen LogP contribution >= 0.6 is 0 Å². The van der Waals surface area contributed by atoms with E-state index in [1.807, 2.05) is 24.5 Å². The number of aromatic amines is 2. The summed E-state index contributed by atoms with van der Waals surface area (Å²) in [6, 6.07) is 3.99. The van der Waals surface area contributed by atoms with E-state index in [9.17, 15) is 0 Å². The Kier molecular flexibility index (Phi) is 3.63. The minimum absolute atomic E-state index is 0.709. The molecule has 0 spiro atoms. The van der Waals surface area contributed by atoms with Gasteiger partial charge >= 0.3 is 0 Å². The van der Waals surface area contributed by atoms with Crippen LogP contribution in [0.15, 0.2) is 30.1 Å². The maximum atomic E-state index is 6.38. The molecule has 1 unspecified atom stereocenters. The first-order valence-electron chi connectivity index (χ1n) is 8.55. The number of aryl methyl sites for hydroxylation is 1. The van der Waals surface area contributed by atoms with Gasteiger partial charge in [0.25, 0.3) is 0 Å². The predicted octanol–water partition coefficient (Wildman–Crippen LogP) is 3.99. The molecule has 0 bridgehead atoms. The molecule has 2 heterocycles. The van der Waals surface area contributed by atoms with Gasteiger partial charge in [0.05, 0.1) is 17.9 Å². The fourth-order valence-electron chi connectivity index (χ4n) is 3.85. The lowest BCUT2D eigenvalue weighted by Crippen LogP contribution is -2.11. The van der Waals surface area contributed by atoms with Crippen molar-refractivity contribution in [2.24, 2.45) is 5.92 Å². The summed E-state index contributed by atoms with van der Waals surface area (Å²) < 4.78 is 0. The topological polar surface area (TPSA) is 83.4 Å². The summed E-state index contributed by atoms with van der Waals surface area (Å²) >= 11 is 0. The van der Waals surface area contributed by atoms with E-state index in [0.717, 1.165) is 41.5 Å². The number of nitrogen functional groups attached to an aromatic ring is 1. The zero-order chi connectivity index (χ0) is 16.7. The molecule has 1 aliphatic rings. The van der Waals surface area contributed by atoms with Crippen LogP contribution in [0.4, 0.5) is 5.69 Å². The van der Waals surface area contributed by atoms with Gasteiger partial charge in [0.15, 0.2) is 0 Å².